The molecule has 0 amide bonds. The number of thiophene rings is 2. The number of aryl methyl sites for hydroxylation is 12. The number of para-hydroxylation sites is 1. The molecular formula is C74H108N4S2. The second-order valence-corrected chi connectivity index (χ2v) is 18.0. The van der Waals surface area contributed by atoms with Gasteiger partial charge >= 0.3 is 0 Å². The molecule has 6 heterocycles. The number of hydrogen-bond donors (Lipinski definition) is 0. The molecule has 6 heteroatoms. The molecule has 0 fully saturated rings. The Morgan fingerprint density at radius 3 is 0.988 bits per heavy atom. The number of hydrogen-bond acceptors (Lipinski definition) is 6. The summed E-state index contributed by atoms with van der Waals surface area (Å²) in [6.45, 7) is 48.9. The highest BCUT2D eigenvalue weighted by Crippen LogP contribution is 2.14. The van der Waals surface area contributed by atoms with E-state index in [9.17, 15) is 0 Å². The number of benzene rings is 4. The Morgan fingerprint density at radius 1 is 0.287 bits per heavy atom. The molecular weight excluding hydrogens is 1010 g/mol. The van der Waals surface area contributed by atoms with E-state index in [0.29, 0.717) is 0 Å². The summed E-state index contributed by atoms with van der Waals surface area (Å²) in [5.41, 5.74) is 15.3. The molecule has 0 spiro atoms. The average Bonchev–Trinajstić information content (AvgIpc) is 4.22. The molecule has 80 heavy (non-hydrogen) atoms. The fourth-order valence-corrected chi connectivity index (χ4v) is 6.40. The molecule has 6 aromatic heterocycles. The lowest BCUT2D eigenvalue weighted by Crippen LogP contribution is -1.80. The monoisotopic (exact) mass is 1120 g/mol. The van der Waals surface area contributed by atoms with E-state index < -0.39 is 0 Å². The van der Waals surface area contributed by atoms with Gasteiger partial charge in [-0.05, 0) is 181 Å². The molecule has 0 aliphatic carbocycles. The van der Waals surface area contributed by atoms with E-state index in [0.717, 1.165) is 11.2 Å². The van der Waals surface area contributed by atoms with E-state index in [2.05, 4.69) is 214 Å². The Balaban J connectivity index is -0.000000259. The van der Waals surface area contributed by atoms with Gasteiger partial charge in [-0.2, -0.15) is 11.3 Å². The second kappa shape index (κ2) is 61.4. The van der Waals surface area contributed by atoms with Crippen LogP contribution < -0.4 is 0 Å². The SMILES string of the molecule is CC.CC.CC.CC.CC.CC.Cc1ccc(C)cc1.Cc1ccc(C)cc1.Cc1cccc2cccnc12.Cc1ccccc1C.Cc1ccccn1.Cc1cccnc1.Cc1cccs1.Cc1ccncc1.Cc1ccsc1. The van der Waals surface area contributed by atoms with Crippen LogP contribution in [0, 0.1) is 83.1 Å². The fraction of sp³-hybridized carbons (Fsp3) is 0.324. The molecule has 4 aromatic carbocycles. The third-order valence-electron chi connectivity index (χ3n) is 9.49. The maximum Gasteiger partial charge on any atom is 0.0731 e. The van der Waals surface area contributed by atoms with Gasteiger partial charge in [0.05, 0.1) is 5.52 Å². The lowest BCUT2D eigenvalue weighted by Gasteiger charge is -1.97. The first-order valence-corrected chi connectivity index (χ1v) is 30.5. The fourth-order valence-electron chi connectivity index (χ4n) is 5.21. The molecule has 0 bridgehead atoms. The van der Waals surface area contributed by atoms with E-state index in [4.69, 9.17) is 0 Å². The van der Waals surface area contributed by atoms with E-state index in [1.165, 1.54) is 65.9 Å². The van der Waals surface area contributed by atoms with E-state index in [-0.39, 0.29) is 0 Å². The molecule has 4 nitrogen and oxygen atoms in total. The molecule has 0 N–H and O–H groups in total. The first kappa shape index (κ1) is 82.0. The van der Waals surface area contributed by atoms with E-state index in [1.54, 1.807) is 47.5 Å². The zero-order chi connectivity index (χ0) is 61.8. The number of fused-ring (bicyclic) bond motifs is 1. The minimum atomic E-state index is 1.07. The average molecular weight is 1120 g/mol. The van der Waals surface area contributed by atoms with Gasteiger partial charge < -0.3 is 0 Å². The summed E-state index contributed by atoms with van der Waals surface area (Å²) in [5.74, 6) is 0. The van der Waals surface area contributed by atoms with Crippen molar-refractivity contribution in [2.45, 2.75) is 166 Å². The van der Waals surface area contributed by atoms with Crippen molar-refractivity contribution in [3.05, 3.63) is 283 Å². The smallest absolute Gasteiger partial charge is 0.0731 e. The first-order chi connectivity index (χ1) is 38.7. The van der Waals surface area contributed by atoms with Gasteiger partial charge in [0.25, 0.3) is 0 Å². The largest absolute Gasteiger partial charge is 0.265 e. The standard InChI is InChI=1S/C10H9N.3C8H10.3C6H7N.2C5H6S.6C2H6/c1-8-4-2-5-9-6-3-7-11-10(8)9;2*1-7-3-5-8(2)6-4-7;1-7-5-3-4-6-8(7)2;1-6-2-4-7-5-3-6;1-6-3-2-4-7-5-6;1-6-4-2-3-5-7-6;1-5-2-3-6-4-5;1-5-3-2-4-6-5;6*1-2/h2-7H,1H3;3*3-6H,1-2H3;3*2-5H,1H3;2*2-4H,1H3;6*1-2H3. The predicted molar refractivity (Wildman–Crippen MR) is 367 cm³/mol. The molecule has 436 valence electrons. The van der Waals surface area contributed by atoms with Gasteiger partial charge in [-0.15, -0.1) is 11.3 Å². The quantitative estimate of drug-likeness (QED) is 0.152. The Kier molecular flexibility index (Phi) is 62.9. The van der Waals surface area contributed by atoms with Crippen LogP contribution in [-0.2, 0) is 0 Å². The summed E-state index contributed by atoms with van der Waals surface area (Å²) < 4.78 is 0. The summed E-state index contributed by atoms with van der Waals surface area (Å²) in [4.78, 5) is 17.4. The van der Waals surface area contributed by atoms with Gasteiger partial charge in [0.2, 0.25) is 0 Å². The minimum Gasteiger partial charge on any atom is -0.265 e. The van der Waals surface area contributed by atoms with Gasteiger partial charge in [-0.25, -0.2) is 0 Å². The van der Waals surface area contributed by atoms with E-state index >= 15 is 0 Å². The topological polar surface area (TPSA) is 51.6 Å². The van der Waals surface area contributed by atoms with E-state index in [1.807, 2.05) is 165 Å². The molecule has 10 rings (SSSR count). The molecule has 0 atom stereocenters. The highest BCUT2D eigenvalue weighted by atomic mass is 32.1. The van der Waals surface area contributed by atoms with Crippen LogP contribution in [0.4, 0.5) is 0 Å². The Labute approximate surface area is 500 Å². The molecule has 0 unspecified atom stereocenters. The van der Waals surface area contributed by atoms with Crippen LogP contribution in [0.15, 0.2) is 217 Å². The first-order valence-electron chi connectivity index (χ1n) is 28.7. The van der Waals surface area contributed by atoms with Crippen molar-refractivity contribution in [3.8, 4) is 0 Å². The van der Waals surface area contributed by atoms with Crippen molar-refractivity contribution >= 4 is 33.6 Å². The van der Waals surface area contributed by atoms with Crippen molar-refractivity contribution in [1.29, 1.82) is 0 Å². The maximum atomic E-state index is 4.28. The van der Waals surface area contributed by atoms with Gasteiger partial charge in [0, 0.05) is 53.1 Å². The lowest BCUT2D eigenvalue weighted by atomic mass is 10.1. The third kappa shape index (κ3) is 50.6. The second-order valence-electron chi connectivity index (χ2n) is 16.1. The van der Waals surface area contributed by atoms with Crippen molar-refractivity contribution in [2.24, 2.45) is 0 Å². The third-order valence-corrected chi connectivity index (χ3v) is 11.1. The van der Waals surface area contributed by atoms with Gasteiger partial charge in [0.15, 0.2) is 0 Å². The van der Waals surface area contributed by atoms with Crippen molar-refractivity contribution < 1.29 is 0 Å². The summed E-state index contributed by atoms with van der Waals surface area (Å²) in [5, 5.41) is 7.50. The molecule has 10 aromatic rings. The van der Waals surface area contributed by atoms with Gasteiger partial charge in [0.1, 0.15) is 0 Å². The molecule has 0 saturated heterocycles. The van der Waals surface area contributed by atoms with Crippen molar-refractivity contribution in [3.63, 3.8) is 0 Å². The number of pyridine rings is 4. The molecule has 0 radical (unpaired) electrons. The maximum absolute atomic E-state index is 4.28. The summed E-state index contributed by atoms with van der Waals surface area (Å²) in [6.07, 6.45) is 10.8. The zero-order valence-electron chi connectivity index (χ0n) is 54.4. The van der Waals surface area contributed by atoms with Crippen LogP contribution in [0.25, 0.3) is 10.9 Å². The lowest BCUT2D eigenvalue weighted by molar-refractivity contribution is 1.20. The van der Waals surface area contributed by atoms with Crippen LogP contribution in [0.5, 0.6) is 0 Å². The molecule has 0 saturated carbocycles. The van der Waals surface area contributed by atoms with Crippen LogP contribution >= 0.6 is 22.7 Å². The summed E-state index contributed by atoms with van der Waals surface area (Å²) in [7, 11) is 0. The highest BCUT2D eigenvalue weighted by molar-refractivity contribution is 7.09. The number of rotatable bonds is 0. The van der Waals surface area contributed by atoms with Gasteiger partial charge in [-0.1, -0.05) is 221 Å². The highest BCUT2D eigenvalue weighted by Gasteiger charge is 1.94. The number of aromatic nitrogens is 4. The van der Waals surface area contributed by atoms with Gasteiger partial charge in [-0.3, -0.25) is 19.9 Å². The van der Waals surface area contributed by atoms with Crippen LogP contribution in [-0.4, -0.2) is 19.9 Å². The zero-order valence-corrected chi connectivity index (χ0v) is 56.0. The Hall–Kier alpha value is -6.86. The normalized spacial score (nSPS) is 8.25. The van der Waals surface area contributed by atoms with Crippen molar-refractivity contribution in [1.82, 2.24) is 19.9 Å². The van der Waals surface area contributed by atoms with Crippen LogP contribution in [0.2, 0.25) is 0 Å². The number of nitrogens with zero attached hydrogens (tertiary/aromatic N) is 4. The van der Waals surface area contributed by atoms with Crippen LogP contribution in [0.1, 0.15) is 149 Å². The van der Waals surface area contributed by atoms with Crippen molar-refractivity contribution in [2.75, 3.05) is 0 Å². The molecule has 0 aliphatic heterocycles. The summed E-state index contributed by atoms with van der Waals surface area (Å²) in [6, 6.07) is 55.6. The summed E-state index contributed by atoms with van der Waals surface area (Å²) >= 11 is 3.52. The molecule has 0 aliphatic rings. The van der Waals surface area contributed by atoms with Crippen LogP contribution in [0.3, 0.4) is 0 Å². The Morgan fingerprint density at radius 2 is 0.725 bits per heavy atom. The Bertz CT molecular complexity index is 2470. The minimum absolute atomic E-state index is 1.07. The predicted octanol–water partition coefficient (Wildman–Crippen LogP) is 23.9.